The number of aliphatic imine (C=N–C) groups is 2. The number of para-hydroxylation sites is 1. The number of benzene rings is 9. The number of furan rings is 1. The molecule has 2 heterocycles. The Morgan fingerprint density at radius 3 is 1.65 bits per heavy atom. The van der Waals surface area contributed by atoms with E-state index in [-0.39, 0.29) is 6.17 Å². The van der Waals surface area contributed by atoms with Gasteiger partial charge in [-0.1, -0.05) is 170 Å². The van der Waals surface area contributed by atoms with Crippen molar-refractivity contribution in [2.24, 2.45) is 9.98 Å². The van der Waals surface area contributed by atoms with E-state index in [2.05, 4.69) is 186 Å². The summed E-state index contributed by atoms with van der Waals surface area (Å²) in [6, 6.07) is 76.3. The average Bonchev–Trinajstić information content (AvgIpc) is 3.72. The number of amidine groups is 2. The Morgan fingerprint density at radius 2 is 0.967 bits per heavy atom. The van der Waals surface area contributed by atoms with Gasteiger partial charge in [0.1, 0.15) is 23.2 Å². The number of nitrogens with zero attached hydrogens (tertiary/aromatic N) is 3. The highest BCUT2D eigenvalue weighted by Gasteiger charge is 2.25. The van der Waals surface area contributed by atoms with Crippen LogP contribution in [0.25, 0.3) is 55.0 Å². The van der Waals surface area contributed by atoms with E-state index in [1.165, 1.54) is 11.1 Å². The van der Waals surface area contributed by atoms with Crippen molar-refractivity contribution in [3.05, 3.63) is 235 Å². The van der Waals surface area contributed by atoms with Crippen molar-refractivity contribution in [2.75, 3.05) is 4.90 Å². The summed E-state index contributed by atoms with van der Waals surface area (Å²) in [6.45, 7) is 0. The first-order valence-corrected chi connectivity index (χ1v) is 20.3. The summed E-state index contributed by atoms with van der Waals surface area (Å²) in [5.41, 5.74) is 12.5. The van der Waals surface area contributed by atoms with Gasteiger partial charge in [-0.05, 0) is 87.1 Å². The second-order valence-electron chi connectivity index (χ2n) is 15.0. The van der Waals surface area contributed by atoms with E-state index >= 15 is 0 Å². The van der Waals surface area contributed by atoms with Crippen molar-refractivity contribution in [3.8, 4) is 22.3 Å². The second kappa shape index (κ2) is 15.1. The molecule has 0 saturated carbocycles. The number of rotatable bonds is 8. The normalized spacial score (nSPS) is 13.8. The molecule has 1 N–H and O–H groups in total. The Labute approximate surface area is 348 Å². The Kier molecular flexibility index (Phi) is 8.82. The van der Waals surface area contributed by atoms with Crippen LogP contribution in [-0.4, -0.2) is 11.7 Å². The van der Waals surface area contributed by atoms with Gasteiger partial charge in [0.15, 0.2) is 5.84 Å². The van der Waals surface area contributed by atoms with Crippen molar-refractivity contribution in [1.82, 2.24) is 5.32 Å². The van der Waals surface area contributed by atoms with Crippen molar-refractivity contribution < 1.29 is 4.42 Å². The van der Waals surface area contributed by atoms with Gasteiger partial charge in [0.25, 0.3) is 0 Å². The SMILES string of the molecule is c1ccc(C2=NC(c3ccccc3)NC(c3cccc4oc5cc(-c6ccc(N(c7ccccc7)c7ccc(-c8ccccc8)cc7)cc6)c6ccccc6c5c34)=N2)cc1. The Hall–Kier alpha value is -8.02. The molecule has 5 nitrogen and oxygen atoms in total. The van der Waals surface area contributed by atoms with Crippen LogP contribution < -0.4 is 10.2 Å². The quantitative estimate of drug-likeness (QED) is 0.167. The molecule has 5 heteroatoms. The zero-order valence-corrected chi connectivity index (χ0v) is 32.6. The van der Waals surface area contributed by atoms with Crippen LogP contribution >= 0.6 is 0 Å². The molecule has 0 amide bonds. The standard InChI is InChI=1S/C55H38N4O/c1-5-16-37(17-6-1)38-28-32-43(33-29-38)59(42-22-11-4-12-23-42)44-34-30-39(31-35-44)48-36-50-51(46-25-14-13-24-45(46)48)52-47(26-15-27-49(52)60-50)55-57-53(40-18-7-2-8-19-40)56-54(58-55)41-20-9-3-10-21-41/h1-36,53H,(H,56,57,58). The molecule has 1 aliphatic heterocycles. The van der Waals surface area contributed by atoms with Crippen LogP contribution in [0.3, 0.4) is 0 Å². The number of fused-ring (bicyclic) bond motifs is 5. The van der Waals surface area contributed by atoms with Crippen LogP contribution in [0.15, 0.2) is 233 Å². The number of hydrogen-bond acceptors (Lipinski definition) is 5. The van der Waals surface area contributed by atoms with E-state index in [1.807, 2.05) is 42.5 Å². The van der Waals surface area contributed by atoms with Crippen LogP contribution in [-0.2, 0) is 0 Å². The van der Waals surface area contributed by atoms with Gasteiger partial charge in [-0.25, -0.2) is 9.98 Å². The summed E-state index contributed by atoms with van der Waals surface area (Å²) in [5.74, 6) is 1.45. The monoisotopic (exact) mass is 770 g/mol. The number of nitrogens with one attached hydrogen (secondary N) is 1. The van der Waals surface area contributed by atoms with Gasteiger partial charge in [0.2, 0.25) is 0 Å². The molecular formula is C55H38N4O. The van der Waals surface area contributed by atoms with Gasteiger partial charge < -0.3 is 14.6 Å². The molecule has 9 aromatic carbocycles. The van der Waals surface area contributed by atoms with E-state index < -0.39 is 0 Å². The summed E-state index contributed by atoms with van der Waals surface area (Å²) in [7, 11) is 0. The molecule has 0 bridgehead atoms. The molecule has 1 aromatic heterocycles. The average molecular weight is 771 g/mol. The van der Waals surface area contributed by atoms with Crippen molar-refractivity contribution in [3.63, 3.8) is 0 Å². The molecule has 0 radical (unpaired) electrons. The first-order chi connectivity index (χ1) is 29.7. The first kappa shape index (κ1) is 35.2. The summed E-state index contributed by atoms with van der Waals surface area (Å²) in [5, 5.41) is 8.05. The molecule has 0 saturated heterocycles. The van der Waals surface area contributed by atoms with E-state index in [9.17, 15) is 0 Å². The van der Waals surface area contributed by atoms with Gasteiger partial charge in [-0.3, -0.25) is 0 Å². The third-order valence-electron chi connectivity index (χ3n) is 11.3. The summed E-state index contributed by atoms with van der Waals surface area (Å²) >= 11 is 0. The highest BCUT2D eigenvalue weighted by atomic mass is 16.3. The number of anilines is 3. The smallest absolute Gasteiger partial charge is 0.159 e. The predicted molar refractivity (Wildman–Crippen MR) is 249 cm³/mol. The molecule has 1 atom stereocenters. The molecular weight excluding hydrogens is 733 g/mol. The van der Waals surface area contributed by atoms with E-state index in [1.54, 1.807) is 0 Å². The van der Waals surface area contributed by atoms with Gasteiger partial charge in [0.05, 0.1) is 0 Å². The first-order valence-electron chi connectivity index (χ1n) is 20.3. The lowest BCUT2D eigenvalue weighted by Gasteiger charge is -2.26. The maximum Gasteiger partial charge on any atom is 0.159 e. The van der Waals surface area contributed by atoms with E-state index in [0.717, 1.165) is 83.4 Å². The molecule has 60 heavy (non-hydrogen) atoms. The summed E-state index contributed by atoms with van der Waals surface area (Å²) < 4.78 is 6.78. The molecule has 0 spiro atoms. The fourth-order valence-electron chi connectivity index (χ4n) is 8.47. The lowest BCUT2D eigenvalue weighted by atomic mass is 9.93. The minimum absolute atomic E-state index is 0.305. The van der Waals surface area contributed by atoms with Gasteiger partial charge in [0, 0.05) is 39.0 Å². The van der Waals surface area contributed by atoms with Gasteiger partial charge >= 0.3 is 0 Å². The second-order valence-corrected chi connectivity index (χ2v) is 15.0. The zero-order chi connectivity index (χ0) is 39.8. The molecule has 284 valence electrons. The van der Waals surface area contributed by atoms with Crippen LogP contribution in [0.1, 0.15) is 22.9 Å². The topological polar surface area (TPSA) is 53.1 Å². The molecule has 10 aromatic rings. The molecule has 11 rings (SSSR count). The van der Waals surface area contributed by atoms with Crippen molar-refractivity contribution in [1.29, 1.82) is 0 Å². The number of hydrogen-bond donors (Lipinski definition) is 1. The maximum atomic E-state index is 6.78. The van der Waals surface area contributed by atoms with E-state index in [4.69, 9.17) is 14.4 Å². The Bertz CT molecular complexity index is 3190. The minimum atomic E-state index is -0.305. The third kappa shape index (κ3) is 6.39. The largest absolute Gasteiger partial charge is 0.456 e. The van der Waals surface area contributed by atoms with Crippen LogP contribution in [0.5, 0.6) is 0 Å². The van der Waals surface area contributed by atoms with Crippen LogP contribution in [0.2, 0.25) is 0 Å². The van der Waals surface area contributed by atoms with Crippen molar-refractivity contribution >= 4 is 61.4 Å². The maximum absolute atomic E-state index is 6.78. The molecule has 1 unspecified atom stereocenters. The van der Waals surface area contributed by atoms with Gasteiger partial charge in [-0.15, -0.1) is 0 Å². The fourth-order valence-corrected chi connectivity index (χ4v) is 8.47. The summed E-state index contributed by atoms with van der Waals surface area (Å²) in [6.07, 6.45) is -0.305. The van der Waals surface area contributed by atoms with Gasteiger partial charge in [-0.2, -0.15) is 0 Å². The zero-order valence-electron chi connectivity index (χ0n) is 32.6. The Morgan fingerprint density at radius 1 is 0.417 bits per heavy atom. The molecule has 0 aliphatic carbocycles. The molecule has 0 fully saturated rings. The highest BCUT2D eigenvalue weighted by Crippen LogP contribution is 2.43. The van der Waals surface area contributed by atoms with Crippen LogP contribution in [0.4, 0.5) is 17.1 Å². The highest BCUT2D eigenvalue weighted by molar-refractivity contribution is 6.28. The predicted octanol–water partition coefficient (Wildman–Crippen LogP) is 14.0. The molecule has 1 aliphatic rings. The fraction of sp³-hybridized carbons (Fsp3) is 0.0182. The third-order valence-corrected chi connectivity index (χ3v) is 11.3. The Balaban J connectivity index is 1.01. The lowest BCUT2D eigenvalue weighted by Crippen LogP contribution is -2.33. The lowest BCUT2D eigenvalue weighted by molar-refractivity contribution is 0.668. The minimum Gasteiger partial charge on any atom is -0.456 e. The summed E-state index contributed by atoms with van der Waals surface area (Å²) in [4.78, 5) is 12.6. The van der Waals surface area contributed by atoms with Crippen LogP contribution in [0, 0.1) is 0 Å². The van der Waals surface area contributed by atoms with E-state index in [0.29, 0.717) is 5.84 Å². The van der Waals surface area contributed by atoms with Crippen molar-refractivity contribution in [2.45, 2.75) is 6.17 Å².